The van der Waals surface area contributed by atoms with Gasteiger partial charge in [-0.05, 0) is 43.3 Å². The van der Waals surface area contributed by atoms with Gasteiger partial charge in [0.15, 0.2) is 0 Å². The lowest BCUT2D eigenvalue weighted by Crippen LogP contribution is -2.51. The van der Waals surface area contributed by atoms with E-state index in [9.17, 15) is 14.4 Å². The molecule has 0 spiro atoms. The summed E-state index contributed by atoms with van der Waals surface area (Å²) < 4.78 is 0. The molecule has 2 aromatic rings. The number of rotatable bonds is 5. The molecule has 2 aromatic heterocycles. The number of aromatic nitrogens is 1. The lowest BCUT2D eigenvalue weighted by atomic mass is 10.0. The monoisotopic (exact) mass is 432 g/mol. The Hall–Kier alpha value is -2.39. The molecule has 0 atom stereocenters. The fraction of sp³-hybridized carbons (Fsp3) is 0.400. The van der Waals surface area contributed by atoms with Crippen molar-refractivity contribution >= 4 is 40.8 Å². The van der Waals surface area contributed by atoms with Gasteiger partial charge in [0.25, 0.3) is 11.8 Å². The minimum absolute atomic E-state index is 0.0161. The van der Waals surface area contributed by atoms with Crippen molar-refractivity contribution in [2.45, 2.75) is 25.8 Å². The highest BCUT2D eigenvalue weighted by molar-refractivity contribution is 8.00. The van der Waals surface area contributed by atoms with E-state index in [-0.39, 0.29) is 17.6 Å². The zero-order chi connectivity index (χ0) is 21.1. The van der Waals surface area contributed by atoms with Crippen LogP contribution in [0.5, 0.6) is 0 Å². The molecule has 3 amide bonds. The summed E-state index contributed by atoms with van der Waals surface area (Å²) in [5.41, 5.74) is 8.49. The lowest BCUT2D eigenvalue weighted by molar-refractivity contribution is -0.129. The summed E-state index contributed by atoms with van der Waals surface area (Å²) in [6, 6.07) is 3.67. The van der Waals surface area contributed by atoms with Crippen LogP contribution in [-0.2, 0) is 4.79 Å². The Labute approximate surface area is 178 Å². The summed E-state index contributed by atoms with van der Waals surface area (Å²) in [4.78, 5) is 45.7. The van der Waals surface area contributed by atoms with E-state index in [1.165, 1.54) is 23.1 Å². The summed E-state index contributed by atoms with van der Waals surface area (Å²) in [7, 11) is 0. The van der Waals surface area contributed by atoms with Crippen molar-refractivity contribution in [2.75, 3.05) is 31.9 Å². The molecule has 7 nitrogen and oxygen atoms in total. The van der Waals surface area contributed by atoms with Crippen LogP contribution in [0.2, 0.25) is 0 Å². The third-order valence-electron chi connectivity index (χ3n) is 5.19. The molecule has 1 fully saturated rings. The molecule has 3 rings (SSSR count). The van der Waals surface area contributed by atoms with Crippen molar-refractivity contribution < 1.29 is 14.4 Å². The Balaban J connectivity index is 1.60. The maximum Gasteiger partial charge on any atom is 0.264 e. The highest BCUT2D eigenvalue weighted by Crippen LogP contribution is 2.27. The van der Waals surface area contributed by atoms with Crippen molar-refractivity contribution in [3.63, 3.8) is 0 Å². The average molecular weight is 433 g/mol. The first kappa shape index (κ1) is 21.3. The molecular weight excluding hydrogens is 408 g/mol. The topological polar surface area (TPSA) is 96.6 Å². The van der Waals surface area contributed by atoms with Gasteiger partial charge in [0.2, 0.25) is 5.91 Å². The summed E-state index contributed by atoms with van der Waals surface area (Å²) >= 11 is 2.66. The van der Waals surface area contributed by atoms with Crippen molar-refractivity contribution in [3.8, 4) is 0 Å². The first-order valence-electron chi connectivity index (χ1n) is 9.30. The number of hydrogen-bond acceptors (Lipinski definition) is 6. The number of carbonyl (C=O) groups is 3. The molecule has 0 radical (unpaired) electrons. The van der Waals surface area contributed by atoms with Crippen molar-refractivity contribution in [1.82, 2.24) is 14.8 Å². The Kier molecular flexibility index (Phi) is 6.59. The van der Waals surface area contributed by atoms with Crippen LogP contribution in [-0.4, -0.2) is 64.4 Å². The van der Waals surface area contributed by atoms with Crippen LogP contribution in [0.1, 0.15) is 36.9 Å². The molecule has 0 aromatic carbocycles. The van der Waals surface area contributed by atoms with Crippen LogP contribution >= 0.6 is 23.1 Å². The Bertz CT molecular complexity index is 936. The van der Waals surface area contributed by atoms with Crippen LogP contribution in [0.3, 0.4) is 0 Å². The number of pyridine rings is 1. The highest BCUT2D eigenvalue weighted by atomic mass is 32.2. The second-order valence-electron chi connectivity index (χ2n) is 6.93. The fourth-order valence-electron chi connectivity index (χ4n) is 3.24. The van der Waals surface area contributed by atoms with Crippen molar-refractivity contribution in [2.24, 2.45) is 5.73 Å². The number of primary amides is 1. The third-order valence-corrected chi connectivity index (χ3v) is 7.01. The van der Waals surface area contributed by atoms with E-state index in [2.05, 4.69) is 4.98 Å². The van der Waals surface area contributed by atoms with Gasteiger partial charge in [-0.15, -0.1) is 11.3 Å². The number of hydrogen-bond donors (Lipinski definition) is 1. The van der Waals surface area contributed by atoms with Crippen LogP contribution in [0.25, 0.3) is 0 Å². The van der Waals surface area contributed by atoms with E-state index in [1.807, 2.05) is 38.3 Å². The van der Waals surface area contributed by atoms with Gasteiger partial charge in [-0.1, -0.05) is 17.8 Å². The van der Waals surface area contributed by atoms with Crippen LogP contribution in [0.4, 0.5) is 0 Å². The Morgan fingerprint density at radius 1 is 1.10 bits per heavy atom. The van der Waals surface area contributed by atoms with E-state index in [0.717, 1.165) is 21.7 Å². The quantitative estimate of drug-likeness (QED) is 0.731. The van der Waals surface area contributed by atoms with Gasteiger partial charge in [-0.25, -0.2) is 4.98 Å². The van der Waals surface area contributed by atoms with Gasteiger partial charge >= 0.3 is 0 Å². The van der Waals surface area contributed by atoms with Gasteiger partial charge in [0.1, 0.15) is 5.03 Å². The number of piperazine rings is 1. The van der Waals surface area contributed by atoms with Crippen molar-refractivity contribution in [3.05, 3.63) is 44.8 Å². The molecule has 0 bridgehead atoms. The second-order valence-corrected chi connectivity index (χ2v) is 8.84. The smallest absolute Gasteiger partial charge is 0.264 e. The van der Waals surface area contributed by atoms with Gasteiger partial charge in [-0.2, -0.15) is 0 Å². The standard InChI is InChI=1S/C20H24N4O3S2/c1-12-13(2)17(18(21)26)19(22-14(12)3)29-11-16(25)23-6-8-24(9-7-23)20(27)15-5-4-10-28-15/h4-5,10H,6-9,11H2,1-3H3,(H2,21,26). The van der Waals surface area contributed by atoms with E-state index in [0.29, 0.717) is 36.8 Å². The number of amides is 3. The van der Waals surface area contributed by atoms with E-state index >= 15 is 0 Å². The molecule has 9 heteroatoms. The Morgan fingerprint density at radius 2 is 1.76 bits per heavy atom. The van der Waals surface area contributed by atoms with Gasteiger partial charge in [-0.3, -0.25) is 14.4 Å². The molecule has 29 heavy (non-hydrogen) atoms. The molecule has 1 saturated heterocycles. The zero-order valence-electron chi connectivity index (χ0n) is 16.7. The maximum absolute atomic E-state index is 12.7. The molecule has 2 N–H and O–H groups in total. The number of aryl methyl sites for hydroxylation is 1. The van der Waals surface area contributed by atoms with Gasteiger partial charge in [0.05, 0.1) is 16.2 Å². The number of carbonyl (C=O) groups excluding carboxylic acids is 3. The number of nitrogens with zero attached hydrogens (tertiary/aromatic N) is 3. The SMILES string of the molecule is Cc1nc(SCC(=O)N2CCN(C(=O)c3cccs3)CC2)c(C(N)=O)c(C)c1C. The molecule has 1 aliphatic rings. The van der Waals surface area contributed by atoms with Crippen LogP contribution in [0.15, 0.2) is 22.5 Å². The van der Waals surface area contributed by atoms with Crippen LogP contribution < -0.4 is 5.73 Å². The van der Waals surface area contributed by atoms with Gasteiger partial charge in [0, 0.05) is 31.9 Å². The molecule has 0 saturated carbocycles. The first-order chi connectivity index (χ1) is 13.8. The zero-order valence-corrected chi connectivity index (χ0v) is 18.4. The Morgan fingerprint density at radius 3 is 2.34 bits per heavy atom. The normalized spacial score (nSPS) is 14.2. The van der Waals surface area contributed by atoms with Gasteiger partial charge < -0.3 is 15.5 Å². The third kappa shape index (κ3) is 4.62. The van der Waals surface area contributed by atoms with E-state index in [4.69, 9.17) is 5.73 Å². The lowest BCUT2D eigenvalue weighted by Gasteiger charge is -2.34. The number of nitrogens with two attached hydrogens (primary N) is 1. The largest absolute Gasteiger partial charge is 0.366 e. The first-order valence-corrected chi connectivity index (χ1v) is 11.2. The maximum atomic E-state index is 12.7. The predicted octanol–water partition coefficient (Wildman–Crippen LogP) is 2.24. The molecule has 0 aliphatic carbocycles. The van der Waals surface area contributed by atoms with E-state index < -0.39 is 5.91 Å². The molecule has 154 valence electrons. The molecule has 1 aliphatic heterocycles. The highest BCUT2D eigenvalue weighted by Gasteiger charge is 2.26. The fourth-order valence-corrected chi connectivity index (χ4v) is 4.98. The van der Waals surface area contributed by atoms with Crippen molar-refractivity contribution in [1.29, 1.82) is 0 Å². The molecule has 3 heterocycles. The minimum atomic E-state index is -0.534. The molecule has 0 unspecified atom stereocenters. The number of thioether (sulfide) groups is 1. The van der Waals surface area contributed by atoms with E-state index in [1.54, 1.807) is 9.80 Å². The summed E-state index contributed by atoms with van der Waals surface area (Å²) in [6.45, 7) is 7.65. The predicted molar refractivity (Wildman–Crippen MR) is 114 cm³/mol. The minimum Gasteiger partial charge on any atom is -0.366 e. The summed E-state index contributed by atoms with van der Waals surface area (Å²) in [6.07, 6.45) is 0. The number of thiophene rings is 1. The summed E-state index contributed by atoms with van der Waals surface area (Å²) in [5, 5.41) is 2.38. The summed E-state index contributed by atoms with van der Waals surface area (Å²) in [5.74, 6) is -0.379. The second kappa shape index (κ2) is 8.96. The average Bonchev–Trinajstić information content (AvgIpc) is 3.24. The molecular formula is C20H24N4O3S2. The van der Waals surface area contributed by atoms with Crippen LogP contribution in [0, 0.1) is 20.8 Å².